The molecule has 0 saturated carbocycles. The van der Waals surface area contributed by atoms with Crippen LogP contribution in [0.25, 0.3) is 0 Å². The topological polar surface area (TPSA) is 119 Å². The van der Waals surface area contributed by atoms with Gasteiger partial charge >= 0.3 is 0 Å². The number of nitrogens with one attached hydrogen (secondary N) is 2. The van der Waals surface area contributed by atoms with Gasteiger partial charge in [-0.25, -0.2) is 0 Å². The Labute approximate surface area is 174 Å². The summed E-state index contributed by atoms with van der Waals surface area (Å²) in [7, 11) is 0. The summed E-state index contributed by atoms with van der Waals surface area (Å²) >= 11 is 5.92. The Bertz CT molecular complexity index is 586. The van der Waals surface area contributed by atoms with Crippen LogP contribution in [-0.4, -0.2) is 39.3 Å². The second-order valence-electron chi connectivity index (χ2n) is 4.66. The lowest BCUT2D eigenvalue weighted by Crippen LogP contribution is -2.28. The Balaban J connectivity index is 3.46. The molecule has 0 aliphatic carbocycles. The molecule has 0 spiro atoms. The lowest BCUT2D eigenvalue weighted by molar-refractivity contribution is -0.123. The summed E-state index contributed by atoms with van der Waals surface area (Å²) in [5.41, 5.74) is 1.32. The first-order valence-electron chi connectivity index (χ1n) is 6.39. The van der Waals surface area contributed by atoms with Crippen LogP contribution in [0, 0.1) is 10.7 Å². The minimum atomic E-state index is -1.20. The summed E-state index contributed by atoms with van der Waals surface area (Å²) < 4.78 is 1.77. The standard InChI is InChI=1S/C13H15I3N2O5/c1-4(20)12(22)17-10-7(14)6(3-19)8(15)11(9(10)16)18-13(23)5(2)21/h4-5,19-21H,3H2,1-2H3,(H,17,22)(H,18,23). The van der Waals surface area contributed by atoms with Crippen molar-refractivity contribution < 1.29 is 24.9 Å². The molecular formula is C13H15I3N2O5. The van der Waals surface area contributed by atoms with Crippen LogP contribution in [0.2, 0.25) is 0 Å². The van der Waals surface area contributed by atoms with Crippen molar-refractivity contribution in [1.29, 1.82) is 0 Å². The molecule has 0 aromatic heterocycles. The van der Waals surface area contributed by atoms with E-state index in [1.54, 1.807) is 0 Å². The Kier molecular flexibility index (Phi) is 8.39. The molecule has 128 valence electrons. The fourth-order valence-electron chi connectivity index (χ4n) is 1.53. The van der Waals surface area contributed by atoms with Gasteiger partial charge in [-0.2, -0.15) is 0 Å². The molecule has 2 amide bonds. The SMILES string of the molecule is CC(O)C(=O)Nc1c(I)c(CO)c(I)c(NC(=O)C(C)O)c1I. The van der Waals surface area contributed by atoms with Gasteiger partial charge in [-0.15, -0.1) is 0 Å². The summed E-state index contributed by atoms with van der Waals surface area (Å²) in [6, 6.07) is 0. The highest BCUT2D eigenvalue weighted by Gasteiger charge is 2.24. The molecule has 7 nitrogen and oxygen atoms in total. The van der Waals surface area contributed by atoms with Crippen molar-refractivity contribution in [3.63, 3.8) is 0 Å². The highest BCUT2D eigenvalue weighted by atomic mass is 127. The van der Waals surface area contributed by atoms with Crippen molar-refractivity contribution in [2.24, 2.45) is 0 Å². The third-order valence-corrected chi connectivity index (χ3v) is 6.28. The molecule has 1 aromatic carbocycles. The molecule has 0 fully saturated rings. The van der Waals surface area contributed by atoms with E-state index in [9.17, 15) is 24.9 Å². The van der Waals surface area contributed by atoms with Crippen molar-refractivity contribution >= 4 is 91.0 Å². The van der Waals surface area contributed by atoms with Crippen molar-refractivity contribution in [2.75, 3.05) is 10.6 Å². The largest absolute Gasteiger partial charge is 0.392 e. The fourth-order valence-corrected chi connectivity index (χ4v) is 5.58. The summed E-state index contributed by atoms with van der Waals surface area (Å²) in [5.74, 6) is -1.20. The molecule has 1 rings (SSSR count). The van der Waals surface area contributed by atoms with Crippen LogP contribution < -0.4 is 10.6 Å². The van der Waals surface area contributed by atoms with Gasteiger partial charge in [0.2, 0.25) is 0 Å². The lowest BCUT2D eigenvalue weighted by atomic mass is 10.1. The van der Waals surface area contributed by atoms with E-state index in [0.29, 0.717) is 27.6 Å². The van der Waals surface area contributed by atoms with Gasteiger partial charge in [0.15, 0.2) is 0 Å². The molecule has 10 heteroatoms. The fraction of sp³-hybridized carbons (Fsp3) is 0.385. The molecule has 0 heterocycles. The number of hydrogen-bond acceptors (Lipinski definition) is 5. The van der Waals surface area contributed by atoms with Crippen molar-refractivity contribution in [3.8, 4) is 0 Å². The zero-order valence-corrected chi connectivity index (χ0v) is 18.6. The predicted octanol–water partition coefficient (Wildman–Crippen LogP) is 1.63. The number of amides is 2. The second kappa shape index (κ2) is 9.07. The molecule has 0 aliphatic heterocycles. The van der Waals surface area contributed by atoms with Gasteiger partial charge in [-0.05, 0) is 81.6 Å². The predicted molar refractivity (Wildman–Crippen MR) is 111 cm³/mol. The van der Waals surface area contributed by atoms with Crippen LogP contribution in [0.1, 0.15) is 19.4 Å². The van der Waals surface area contributed by atoms with E-state index < -0.39 is 24.0 Å². The van der Waals surface area contributed by atoms with Gasteiger partial charge in [0, 0.05) is 12.7 Å². The molecule has 23 heavy (non-hydrogen) atoms. The Hall–Kier alpha value is 0.230. The van der Waals surface area contributed by atoms with E-state index in [4.69, 9.17) is 0 Å². The third-order valence-electron chi connectivity index (χ3n) is 2.82. The van der Waals surface area contributed by atoms with Crippen LogP contribution in [0.3, 0.4) is 0 Å². The molecule has 0 radical (unpaired) electrons. The van der Waals surface area contributed by atoms with E-state index in [1.807, 2.05) is 67.8 Å². The molecule has 0 aliphatic rings. The van der Waals surface area contributed by atoms with E-state index >= 15 is 0 Å². The minimum absolute atomic E-state index is 0.289. The van der Waals surface area contributed by atoms with Gasteiger partial charge in [0.1, 0.15) is 12.2 Å². The summed E-state index contributed by atoms with van der Waals surface area (Å²) in [6.45, 7) is 2.39. The zero-order valence-electron chi connectivity index (χ0n) is 12.2. The average molecular weight is 660 g/mol. The number of halogens is 3. The Morgan fingerprint density at radius 2 is 1.26 bits per heavy atom. The number of carbonyl (C=O) groups excluding carboxylic acids is 2. The smallest absolute Gasteiger partial charge is 0.252 e. The number of aliphatic hydroxyl groups excluding tert-OH is 3. The average Bonchev–Trinajstić information content (AvgIpc) is 2.47. The van der Waals surface area contributed by atoms with E-state index in [0.717, 1.165) is 0 Å². The van der Waals surface area contributed by atoms with Crippen LogP contribution in [0.5, 0.6) is 0 Å². The van der Waals surface area contributed by atoms with Gasteiger partial charge in [-0.1, -0.05) is 0 Å². The van der Waals surface area contributed by atoms with Gasteiger partial charge < -0.3 is 26.0 Å². The van der Waals surface area contributed by atoms with E-state index in [-0.39, 0.29) is 6.61 Å². The van der Waals surface area contributed by atoms with Gasteiger partial charge in [0.25, 0.3) is 11.8 Å². The van der Waals surface area contributed by atoms with Crippen LogP contribution in [-0.2, 0) is 16.2 Å². The quantitative estimate of drug-likeness (QED) is 0.308. The molecule has 2 unspecified atom stereocenters. The first-order chi connectivity index (χ1) is 10.6. The summed E-state index contributed by atoms with van der Waals surface area (Å²) in [5, 5.41) is 33.5. The number of aliphatic hydroxyl groups is 3. The highest BCUT2D eigenvalue weighted by molar-refractivity contribution is 14.1. The summed E-state index contributed by atoms with van der Waals surface area (Å²) in [6.07, 6.45) is -2.40. The van der Waals surface area contributed by atoms with E-state index in [1.165, 1.54) is 13.8 Å². The number of benzene rings is 1. The second-order valence-corrected chi connectivity index (χ2v) is 7.90. The maximum atomic E-state index is 11.8. The van der Waals surface area contributed by atoms with Crippen molar-refractivity contribution in [1.82, 2.24) is 0 Å². The number of carbonyl (C=O) groups is 2. The lowest BCUT2D eigenvalue weighted by Gasteiger charge is -2.20. The maximum Gasteiger partial charge on any atom is 0.252 e. The zero-order chi connectivity index (χ0) is 17.9. The van der Waals surface area contributed by atoms with Crippen molar-refractivity contribution in [3.05, 3.63) is 16.3 Å². The van der Waals surface area contributed by atoms with Crippen molar-refractivity contribution in [2.45, 2.75) is 32.7 Å². The maximum absolute atomic E-state index is 11.8. The first kappa shape index (κ1) is 21.3. The molecule has 0 saturated heterocycles. The Morgan fingerprint density at radius 3 is 1.52 bits per heavy atom. The molecule has 2 atom stereocenters. The normalized spacial score (nSPS) is 13.4. The van der Waals surface area contributed by atoms with Crippen LogP contribution in [0.4, 0.5) is 11.4 Å². The number of rotatable bonds is 5. The molecule has 1 aromatic rings. The number of anilines is 2. The van der Waals surface area contributed by atoms with Crippen LogP contribution >= 0.6 is 67.8 Å². The highest BCUT2D eigenvalue weighted by Crippen LogP contribution is 2.39. The first-order valence-corrected chi connectivity index (χ1v) is 9.63. The van der Waals surface area contributed by atoms with Gasteiger partial charge in [0.05, 0.1) is 21.6 Å². The summed E-state index contributed by atoms with van der Waals surface area (Å²) in [4.78, 5) is 23.6. The molecule has 0 bridgehead atoms. The minimum Gasteiger partial charge on any atom is -0.392 e. The van der Waals surface area contributed by atoms with Gasteiger partial charge in [-0.3, -0.25) is 9.59 Å². The third kappa shape index (κ3) is 5.10. The molecule has 5 N–H and O–H groups in total. The van der Waals surface area contributed by atoms with Crippen LogP contribution in [0.15, 0.2) is 0 Å². The Morgan fingerprint density at radius 1 is 0.913 bits per heavy atom. The number of hydrogen-bond donors (Lipinski definition) is 5. The van der Waals surface area contributed by atoms with E-state index in [2.05, 4.69) is 10.6 Å². The monoisotopic (exact) mass is 660 g/mol. The molecular weight excluding hydrogens is 645 g/mol.